The minimum Gasteiger partial charge on any atom is -0.394 e. The van der Waals surface area contributed by atoms with Crippen LogP contribution in [0.2, 0.25) is 0 Å². The van der Waals surface area contributed by atoms with Crippen LogP contribution < -0.4 is 5.32 Å². The molecule has 1 rings (SSSR count). The predicted molar refractivity (Wildman–Crippen MR) is 82.5 cm³/mol. The fraction of sp³-hybridized carbons (Fsp3) is 1.00. The molecule has 0 spiro atoms. The maximum absolute atomic E-state index is 9.70. The van der Waals surface area contributed by atoms with Gasteiger partial charge in [-0.15, -0.1) is 0 Å². The van der Waals surface area contributed by atoms with Crippen molar-refractivity contribution in [1.29, 1.82) is 0 Å². The molecule has 3 heteroatoms. The molecule has 19 heavy (non-hydrogen) atoms. The fourth-order valence-electron chi connectivity index (χ4n) is 2.71. The third-order valence-corrected chi connectivity index (χ3v) is 4.52. The summed E-state index contributed by atoms with van der Waals surface area (Å²) in [4.78, 5) is 2.58. The van der Waals surface area contributed by atoms with E-state index in [1.165, 1.54) is 32.4 Å². The molecular weight excluding hydrogens is 236 g/mol. The lowest BCUT2D eigenvalue weighted by molar-refractivity contribution is 0.138. The van der Waals surface area contributed by atoms with E-state index < -0.39 is 0 Å². The lowest BCUT2D eigenvalue weighted by atomic mass is 9.91. The maximum atomic E-state index is 9.70. The van der Waals surface area contributed by atoms with Gasteiger partial charge < -0.3 is 15.3 Å². The van der Waals surface area contributed by atoms with Gasteiger partial charge in [-0.25, -0.2) is 0 Å². The zero-order valence-corrected chi connectivity index (χ0v) is 13.2. The lowest BCUT2D eigenvalue weighted by Gasteiger charge is -2.33. The number of aliphatic hydroxyl groups excluding tert-OH is 1. The number of hydrogen-bond acceptors (Lipinski definition) is 3. The molecule has 114 valence electrons. The van der Waals surface area contributed by atoms with E-state index in [2.05, 4.69) is 31.0 Å². The van der Waals surface area contributed by atoms with Crippen molar-refractivity contribution in [2.24, 2.45) is 5.92 Å². The minimum atomic E-state index is -0.0466. The van der Waals surface area contributed by atoms with Crippen LogP contribution in [0.4, 0.5) is 0 Å². The van der Waals surface area contributed by atoms with Crippen molar-refractivity contribution in [2.75, 3.05) is 32.8 Å². The summed E-state index contributed by atoms with van der Waals surface area (Å²) in [6.07, 6.45) is 7.28. The summed E-state index contributed by atoms with van der Waals surface area (Å²) in [6, 6.07) is 0. The number of aliphatic hydroxyl groups is 1. The van der Waals surface area contributed by atoms with Gasteiger partial charge in [0.15, 0.2) is 0 Å². The Morgan fingerprint density at radius 3 is 2.47 bits per heavy atom. The third kappa shape index (κ3) is 6.24. The molecule has 1 unspecified atom stereocenters. The van der Waals surface area contributed by atoms with Crippen LogP contribution in [0.15, 0.2) is 0 Å². The van der Waals surface area contributed by atoms with E-state index >= 15 is 0 Å². The van der Waals surface area contributed by atoms with E-state index in [4.69, 9.17) is 0 Å². The summed E-state index contributed by atoms with van der Waals surface area (Å²) >= 11 is 0. The molecule has 0 aromatic rings. The van der Waals surface area contributed by atoms with E-state index in [9.17, 15) is 5.11 Å². The highest BCUT2D eigenvalue weighted by molar-refractivity contribution is 4.86. The monoisotopic (exact) mass is 270 g/mol. The summed E-state index contributed by atoms with van der Waals surface area (Å²) < 4.78 is 0. The van der Waals surface area contributed by atoms with Gasteiger partial charge in [0, 0.05) is 12.1 Å². The largest absolute Gasteiger partial charge is 0.394 e. The zero-order valence-electron chi connectivity index (χ0n) is 13.2. The van der Waals surface area contributed by atoms with E-state index in [1.807, 2.05) is 0 Å². The van der Waals surface area contributed by atoms with Crippen LogP contribution in [0, 0.1) is 5.92 Å². The molecule has 0 bridgehead atoms. The van der Waals surface area contributed by atoms with Crippen molar-refractivity contribution < 1.29 is 5.11 Å². The second kappa shape index (κ2) is 8.93. The molecule has 0 amide bonds. The Labute approximate surface area is 119 Å². The summed E-state index contributed by atoms with van der Waals surface area (Å²) in [5.74, 6) is 0.979. The molecule has 1 aliphatic carbocycles. The van der Waals surface area contributed by atoms with Gasteiger partial charge in [-0.3, -0.25) is 0 Å². The first-order chi connectivity index (χ1) is 9.19. The molecule has 0 heterocycles. The predicted octanol–water partition coefficient (Wildman–Crippen LogP) is 2.64. The molecule has 0 aromatic carbocycles. The van der Waals surface area contributed by atoms with Crippen molar-refractivity contribution in [3.05, 3.63) is 0 Å². The average molecular weight is 270 g/mol. The first-order valence-electron chi connectivity index (χ1n) is 8.28. The van der Waals surface area contributed by atoms with Crippen molar-refractivity contribution in [1.82, 2.24) is 10.2 Å². The van der Waals surface area contributed by atoms with E-state index in [0.717, 1.165) is 38.3 Å². The normalized spacial score (nSPS) is 18.8. The molecule has 0 radical (unpaired) electrons. The molecule has 0 saturated heterocycles. The molecule has 2 N–H and O–H groups in total. The van der Waals surface area contributed by atoms with Crippen molar-refractivity contribution >= 4 is 0 Å². The Hall–Kier alpha value is -0.120. The van der Waals surface area contributed by atoms with Crippen molar-refractivity contribution in [3.63, 3.8) is 0 Å². The molecular formula is C16H34N2O. The van der Waals surface area contributed by atoms with Crippen LogP contribution in [0.3, 0.4) is 0 Å². The average Bonchev–Trinajstić information content (AvgIpc) is 3.25. The Bertz CT molecular complexity index is 225. The maximum Gasteiger partial charge on any atom is 0.0613 e. The standard InChI is InChI=1S/C16H34N2O/c1-4-11-17-16(5-2,14-19)10-7-12-18(6-3)13-15-8-9-15/h15,17,19H,4-14H2,1-3H3. The first kappa shape index (κ1) is 16.9. The number of hydrogen-bond donors (Lipinski definition) is 2. The second-order valence-electron chi connectivity index (χ2n) is 6.16. The van der Waals surface area contributed by atoms with Gasteiger partial charge in [0.25, 0.3) is 0 Å². The van der Waals surface area contributed by atoms with Crippen LogP contribution in [-0.2, 0) is 0 Å². The van der Waals surface area contributed by atoms with Gasteiger partial charge in [-0.1, -0.05) is 20.8 Å². The lowest BCUT2D eigenvalue weighted by Crippen LogP contribution is -2.48. The molecule has 1 fully saturated rings. The summed E-state index contributed by atoms with van der Waals surface area (Å²) in [7, 11) is 0. The van der Waals surface area contributed by atoms with Crippen molar-refractivity contribution in [2.45, 2.75) is 64.8 Å². The van der Waals surface area contributed by atoms with E-state index in [0.29, 0.717) is 0 Å². The summed E-state index contributed by atoms with van der Waals surface area (Å²) in [5, 5.41) is 13.3. The zero-order chi connectivity index (χ0) is 14.1. The van der Waals surface area contributed by atoms with Crippen molar-refractivity contribution in [3.8, 4) is 0 Å². The van der Waals surface area contributed by atoms with Gasteiger partial charge in [0.2, 0.25) is 0 Å². The molecule has 0 aliphatic heterocycles. The van der Waals surface area contributed by atoms with Crippen LogP contribution in [-0.4, -0.2) is 48.3 Å². The second-order valence-corrected chi connectivity index (χ2v) is 6.16. The summed E-state index contributed by atoms with van der Waals surface area (Å²) in [5.41, 5.74) is -0.0466. The first-order valence-corrected chi connectivity index (χ1v) is 8.28. The van der Waals surface area contributed by atoms with Gasteiger partial charge in [-0.2, -0.15) is 0 Å². The number of nitrogens with one attached hydrogen (secondary N) is 1. The Morgan fingerprint density at radius 2 is 2.00 bits per heavy atom. The SMILES string of the molecule is CCCNC(CC)(CO)CCCN(CC)CC1CC1. The molecule has 1 atom stereocenters. The van der Waals surface area contributed by atoms with Gasteiger partial charge in [-0.05, 0) is 64.1 Å². The number of rotatable bonds is 12. The number of nitrogens with zero attached hydrogens (tertiary/aromatic N) is 1. The van der Waals surface area contributed by atoms with Crippen LogP contribution in [0.5, 0.6) is 0 Å². The topological polar surface area (TPSA) is 35.5 Å². The molecule has 1 saturated carbocycles. The van der Waals surface area contributed by atoms with Gasteiger partial charge >= 0.3 is 0 Å². The smallest absolute Gasteiger partial charge is 0.0613 e. The molecule has 1 aliphatic rings. The van der Waals surface area contributed by atoms with E-state index in [-0.39, 0.29) is 12.1 Å². The van der Waals surface area contributed by atoms with Crippen LogP contribution in [0.1, 0.15) is 59.3 Å². The molecule has 3 nitrogen and oxygen atoms in total. The van der Waals surface area contributed by atoms with Crippen LogP contribution >= 0.6 is 0 Å². The van der Waals surface area contributed by atoms with E-state index in [1.54, 1.807) is 0 Å². The Kier molecular flexibility index (Phi) is 7.96. The Balaban J connectivity index is 2.28. The van der Waals surface area contributed by atoms with Gasteiger partial charge in [0.1, 0.15) is 0 Å². The summed E-state index contributed by atoms with van der Waals surface area (Å²) in [6.45, 7) is 11.5. The quantitative estimate of drug-likeness (QED) is 0.572. The highest BCUT2D eigenvalue weighted by atomic mass is 16.3. The highest BCUT2D eigenvalue weighted by Gasteiger charge is 2.27. The fourth-order valence-corrected chi connectivity index (χ4v) is 2.71. The third-order valence-electron chi connectivity index (χ3n) is 4.52. The van der Waals surface area contributed by atoms with Gasteiger partial charge in [0.05, 0.1) is 6.61 Å². The highest BCUT2D eigenvalue weighted by Crippen LogP contribution is 2.29. The minimum absolute atomic E-state index is 0.0466. The molecule has 0 aromatic heterocycles. The Morgan fingerprint density at radius 1 is 1.26 bits per heavy atom. The van der Waals surface area contributed by atoms with Crippen LogP contribution in [0.25, 0.3) is 0 Å².